The molecule has 1 atom stereocenters. The number of hydrogen-bond donors (Lipinski definition) is 1. The van der Waals surface area contributed by atoms with E-state index in [1.54, 1.807) is 0 Å². The molecular formula is C16H21NO3S2. The smallest absolute Gasteiger partial charge is 0.224 e. The van der Waals surface area contributed by atoms with Gasteiger partial charge in [0, 0.05) is 29.2 Å². The maximum Gasteiger partial charge on any atom is 0.224 e. The number of unbranched alkanes of at least 4 members (excludes halogenated alkanes) is 1. The van der Waals surface area contributed by atoms with E-state index in [4.69, 9.17) is 9.47 Å². The maximum atomic E-state index is 12.0. The van der Waals surface area contributed by atoms with E-state index in [9.17, 15) is 4.79 Å². The third-order valence-electron chi connectivity index (χ3n) is 3.73. The summed E-state index contributed by atoms with van der Waals surface area (Å²) in [5, 5.41) is 3.73. The first-order chi connectivity index (χ1) is 10.8. The zero-order chi connectivity index (χ0) is 15.2. The quantitative estimate of drug-likeness (QED) is 0.624. The van der Waals surface area contributed by atoms with Crippen molar-refractivity contribution < 1.29 is 14.3 Å². The van der Waals surface area contributed by atoms with Crippen molar-refractivity contribution >= 4 is 33.2 Å². The first kappa shape index (κ1) is 15.9. The molecule has 0 unspecified atom stereocenters. The minimum absolute atomic E-state index is 0.0742. The number of carbonyl (C=O) groups excluding carboxylic acids is 1. The zero-order valence-corrected chi connectivity index (χ0v) is 14.1. The van der Waals surface area contributed by atoms with Gasteiger partial charge in [-0.2, -0.15) is 0 Å². The fraction of sp³-hybridized carbons (Fsp3) is 0.562. The van der Waals surface area contributed by atoms with Crippen LogP contribution in [-0.4, -0.2) is 30.1 Å². The van der Waals surface area contributed by atoms with E-state index in [0.717, 1.165) is 29.5 Å². The summed E-state index contributed by atoms with van der Waals surface area (Å²) in [5.41, 5.74) is 0.775. The van der Waals surface area contributed by atoms with Gasteiger partial charge in [-0.05, 0) is 31.4 Å². The highest BCUT2D eigenvalue weighted by molar-refractivity contribution is 8.77. The molecule has 22 heavy (non-hydrogen) atoms. The topological polar surface area (TPSA) is 47.6 Å². The molecule has 0 bridgehead atoms. The Hall–Kier alpha value is -1.01. The molecule has 1 N–H and O–H groups in total. The molecule has 2 heterocycles. The van der Waals surface area contributed by atoms with Gasteiger partial charge in [0.2, 0.25) is 5.91 Å². The van der Waals surface area contributed by atoms with E-state index in [1.807, 2.05) is 39.8 Å². The van der Waals surface area contributed by atoms with Gasteiger partial charge in [0.05, 0.1) is 0 Å². The van der Waals surface area contributed by atoms with Crippen molar-refractivity contribution in [3.63, 3.8) is 0 Å². The van der Waals surface area contributed by atoms with Gasteiger partial charge in [-0.25, -0.2) is 0 Å². The summed E-state index contributed by atoms with van der Waals surface area (Å²) in [7, 11) is 3.98. The number of benzene rings is 1. The number of rotatable bonds is 6. The van der Waals surface area contributed by atoms with Gasteiger partial charge in [-0.3, -0.25) is 4.79 Å². The van der Waals surface area contributed by atoms with Crippen LogP contribution in [0.15, 0.2) is 18.2 Å². The second-order valence-electron chi connectivity index (χ2n) is 5.48. The molecule has 6 heteroatoms. The van der Waals surface area contributed by atoms with Gasteiger partial charge in [0.15, 0.2) is 11.5 Å². The van der Waals surface area contributed by atoms with Crippen molar-refractivity contribution in [3.05, 3.63) is 18.2 Å². The van der Waals surface area contributed by atoms with Crippen LogP contribution in [0.25, 0.3) is 0 Å². The van der Waals surface area contributed by atoms with E-state index in [-0.39, 0.29) is 5.91 Å². The van der Waals surface area contributed by atoms with Gasteiger partial charge < -0.3 is 14.8 Å². The summed E-state index contributed by atoms with van der Waals surface area (Å²) < 4.78 is 11.0. The Morgan fingerprint density at radius 3 is 2.91 bits per heavy atom. The molecule has 2 aliphatic heterocycles. The van der Waals surface area contributed by atoms with Crippen molar-refractivity contribution in [1.29, 1.82) is 0 Å². The third-order valence-corrected chi connectivity index (χ3v) is 6.74. The molecule has 0 spiro atoms. The van der Waals surface area contributed by atoms with Gasteiger partial charge in [-0.15, -0.1) is 0 Å². The second-order valence-corrected chi connectivity index (χ2v) is 8.27. The lowest BCUT2D eigenvalue weighted by Gasteiger charge is -2.19. The van der Waals surface area contributed by atoms with E-state index in [0.29, 0.717) is 25.4 Å². The zero-order valence-electron chi connectivity index (χ0n) is 12.5. The van der Waals surface area contributed by atoms with Crippen LogP contribution >= 0.6 is 21.6 Å². The molecule has 0 aliphatic carbocycles. The lowest BCUT2D eigenvalue weighted by atomic mass is 10.1. The molecule has 4 nitrogen and oxygen atoms in total. The Labute approximate surface area is 139 Å². The summed E-state index contributed by atoms with van der Waals surface area (Å²) in [6, 6.07) is 5.54. The van der Waals surface area contributed by atoms with Crippen LogP contribution in [0.3, 0.4) is 0 Å². The summed E-state index contributed by atoms with van der Waals surface area (Å²) in [5.74, 6) is 2.81. The van der Waals surface area contributed by atoms with Crippen LogP contribution in [0, 0.1) is 0 Å². The molecule has 2 aliphatic rings. The van der Waals surface area contributed by atoms with E-state index >= 15 is 0 Å². The fourth-order valence-corrected chi connectivity index (χ4v) is 5.59. The second kappa shape index (κ2) is 8.02. The Morgan fingerprint density at radius 2 is 2.09 bits per heavy atom. The van der Waals surface area contributed by atoms with E-state index < -0.39 is 0 Å². The summed E-state index contributed by atoms with van der Waals surface area (Å²) >= 11 is 0. The first-order valence-corrected chi connectivity index (χ1v) is 10.2. The lowest BCUT2D eigenvalue weighted by molar-refractivity contribution is -0.116. The predicted octanol–water partition coefficient (Wildman–Crippen LogP) is 4.11. The standard InChI is InChI=1S/C16H21NO3S2/c18-16(4-2-1-3-13-7-10-21-22-13)17-12-5-6-14-15(11-12)20-9-8-19-14/h5-6,11,13H,1-4,7-10H2,(H,17,18)/t13-/m0/s1. The molecule has 1 aromatic rings. The average Bonchev–Trinajstić information content (AvgIpc) is 3.05. The summed E-state index contributed by atoms with van der Waals surface area (Å²) in [6.07, 6.45) is 5.22. The molecule has 0 radical (unpaired) electrons. The van der Waals surface area contributed by atoms with Crippen molar-refractivity contribution in [2.75, 3.05) is 24.3 Å². The average molecular weight is 339 g/mol. The Kier molecular flexibility index (Phi) is 5.78. The number of hydrogen-bond acceptors (Lipinski definition) is 5. The number of carbonyl (C=O) groups is 1. The highest BCUT2D eigenvalue weighted by atomic mass is 33.1. The van der Waals surface area contributed by atoms with Crippen LogP contribution < -0.4 is 14.8 Å². The van der Waals surface area contributed by atoms with Gasteiger partial charge >= 0.3 is 0 Å². The van der Waals surface area contributed by atoms with Crippen LogP contribution in [-0.2, 0) is 4.79 Å². The largest absolute Gasteiger partial charge is 0.486 e. The minimum atomic E-state index is 0.0742. The SMILES string of the molecule is O=C(CCCC[C@H]1CCSS1)Nc1ccc2c(c1)OCCO2. The van der Waals surface area contributed by atoms with Crippen LogP contribution in [0.5, 0.6) is 11.5 Å². The van der Waals surface area contributed by atoms with Crippen LogP contribution in [0.1, 0.15) is 32.1 Å². The number of amides is 1. The Bertz CT molecular complexity index is 518. The van der Waals surface area contributed by atoms with E-state index in [1.165, 1.54) is 18.6 Å². The molecule has 1 aromatic carbocycles. The molecule has 1 fully saturated rings. The van der Waals surface area contributed by atoms with Crippen molar-refractivity contribution in [2.45, 2.75) is 37.4 Å². The summed E-state index contributed by atoms with van der Waals surface area (Å²) in [4.78, 5) is 12.0. The Morgan fingerprint density at radius 1 is 1.23 bits per heavy atom. The monoisotopic (exact) mass is 339 g/mol. The van der Waals surface area contributed by atoms with Crippen LogP contribution in [0.2, 0.25) is 0 Å². The highest BCUT2D eigenvalue weighted by Crippen LogP contribution is 2.40. The van der Waals surface area contributed by atoms with Gasteiger partial charge in [0.1, 0.15) is 13.2 Å². The normalized spacial score (nSPS) is 19.9. The lowest BCUT2D eigenvalue weighted by Crippen LogP contribution is -2.16. The van der Waals surface area contributed by atoms with Crippen molar-refractivity contribution in [1.82, 2.24) is 0 Å². The first-order valence-electron chi connectivity index (χ1n) is 7.79. The predicted molar refractivity (Wildman–Crippen MR) is 93.0 cm³/mol. The molecule has 3 rings (SSSR count). The van der Waals surface area contributed by atoms with Crippen LogP contribution in [0.4, 0.5) is 5.69 Å². The van der Waals surface area contributed by atoms with Crippen molar-refractivity contribution in [2.24, 2.45) is 0 Å². The van der Waals surface area contributed by atoms with E-state index in [2.05, 4.69) is 5.32 Å². The molecule has 1 saturated heterocycles. The fourth-order valence-electron chi connectivity index (χ4n) is 2.57. The number of nitrogens with one attached hydrogen (secondary N) is 1. The molecule has 1 amide bonds. The highest BCUT2D eigenvalue weighted by Gasteiger charge is 2.16. The van der Waals surface area contributed by atoms with Crippen molar-refractivity contribution in [3.8, 4) is 11.5 Å². The van der Waals surface area contributed by atoms with Gasteiger partial charge in [-0.1, -0.05) is 28.0 Å². The number of ether oxygens (including phenoxy) is 2. The Balaban J connectivity index is 1.39. The molecular weight excluding hydrogens is 318 g/mol. The summed E-state index contributed by atoms with van der Waals surface area (Å²) in [6.45, 7) is 1.14. The number of anilines is 1. The molecule has 0 aromatic heterocycles. The maximum absolute atomic E-state index is 12.0. The third kappa shape index (κ3) is 4.49. The number of fused-ring (bicyclic) bond motifs is 1. The molecule has 0 saturated carbocycles. The van der Waals surface area contributed by atoms with Gasteiger partial charge in [0.25, 0.3) is 0 Å². The minimum Gasteiger partial charge on any atom is -0.486 e. The molecule has 120 valence electrons.